The van der Waals surface area contributed by atoms with Gasteiger partial charge in [0.15, 0.2) is 0 Å². The van der Waals surface area contributed by atoms with Gasteiger partial charge in [-0.05, 0) is 33.0 Å². The summed E-state index contributed by atoms with van der Waals surface area (Å²) < 4.78 is 0. The number of likely N-dealkylation sites (tertiary alicyclic amines) is 1. The van der Waals surface area contributed by atoms with Gasteiger partial charge in [-0.15, -0.1) is 49.6 Å². The van der Waals surface area contributed by atoms with Crippen LogP contribution in [0.15, 0.2) is 0 Å². The standard InChI is InChI=1S/C20H39N5O2.4ClH/c1-21-9-11-23(12-10-21)17-19(26)18-24-13-15-25(16-14-24)20(27)5-8-22-6-3-2-4-7-22;;;;/h19,26H,2-18H2,1H3;4*1H. The SMILES string of the molecule is CN1CCN(CC(O)CN2CCN(C(=O)CCN3CCCCC3)CC2)CC1.Cl.Cl.Cl.Cl. The molecule has 3 aliphatic rings. The number of piperazine rings is 2. The van der Waals surface area contributed by atoms with Crippen molar-refractivity contribution in [1.82, 2.24) is 24.5 Å². The molecule has 1 amide bonds. The van der Waals surface area contributed by atoms with Crippen molar-refractivity contribution in [2.75, 3.05) is 92.1 Å². The molecule has 0 saturated carbocycles. The number of likely N-dealkylation sites (N-methyl/N-ethyl adjacent to an activating group) is 1. The summed E-state index contributed by atoms with van der Waals surface area (Å²) in [5, 5.41) is 10.4. The quantitative estimate of drug-likeness (QED) is 0.539. The highest BCUT2D eigenvalue weighted by Crippen LogP contribution is 2.11. The van der Waals surface area contributed by atoms with Crippen LogP contribution in [0.25, 0.3) is 0 Å². The molecule has 3 aliphatic heterocycles. The van der Waals surface area contributed by atoms with Gasteiger partial charge >= 0.3 is 0 Å². The Kier molecular flexibility index (Phi) is 19.3. The van der Waals surface area contributed by atoms with Gasteiger partial charge in [0.25, 0.3) is 0 Å². The Morgan fingerprint density at radius 3 is 1.71 bits per heavy atom. The maximum absolute atomic E-state index is 12.5. The molecule has 3 saturated heterocycles. The molecular weight excluding hydrogens is 484 g/mol. The number of nitrogens with zero attached hydrogens (tertiary/aromatic N) is 5. The fourth-order valence-electron chi connectivity index (χ4n) is 4.46. The second kappa shape index (κ2) is 17.8. The lowest BCUT2D eigenvalue weighted by Gasteiger charge is -2.38. The Bertz CT molecular complexity index is 459. The molecule has 188 valence electrons. The zero-order chi connectivity index (χ0) is 19.1. The van der Waals surface area contributed by atoms with E-state index in [2.05, 4.69) is 26.6 Å². The van der Waals surface area contributed by atoms with Crippen LogP contribution in [0.5, 0.6) is 0 Å². The minimum atomic E-state index is -0.297. The van der Waals surface area contributed by atoms with Gasteiger partial charge in [0.05, 0.1) is 6.10 Å². The van der Waals surface area contributed by atoms with Gasteiger partial charge in [-0.25, -0.2) is 0 Å². The van der Waals surface area contributed by atoms with Gasteiger partial charge in [-0.3, -0.25) is 14.6 Å². The van der Waals surface area contributed by atoms with Gasteiger partial charge in [0.1, 0.15) is 0 Å². The Balaban J connectivity index is 0. The number of aliphatic hydroxyl groups is 1. The van der Waals surface area contributed by atoms with E-state index in [1.807, 2.05) is 4.90 Å². The summed E-state index contributed by atoms with van der Waals surface area (Å²) in [6.45, 7) is 12.4. The number of amides is 1. The van der Waals surface area contributed by atoms with E-state index in [0.717, 1.165) is 85.1 Å². The molecule has 0 aromatic carbocycles. The lowest BCUT2D eigenvalue weighted by Crippen LogP contribution is -2.53. The van der Waals surface area contributed by atoms with E-state index in [-0.39, 0.29) is 55.7 Å². The monoisotopic (exact) mass is 525 g/mol. The fourth-order valence-corrected chi connectivity index (χ4v) is 4.46. The van der Waals surface area contributed by atoms with Gasteiger partial charge in [-0.1, -0.05) is 6.42 Å². The van der Waals surface area contributed by atoms with E-state index in [9.17, 15) is 9.90 Å². The van der Waals surface area contributed by atoms with E-state index in [4.69, 9.17) is 0 Å². The number of hydrogen-bond acceptors (Lipinski definition) is 6. The summed E-state index contributed by atoms with van der Waals surface area (Å²) in [6.07, 6.45) is 4.26. The third-order valence-corrected chi connectivity index (χ3v) is 6.35. The topological polar surface area (TPSA) is 53.5 Å². The molecule has 3 heterocycles. The summed E-state index contributed by atoms with van der Waals surface area (Å²) >= 11 is 0. The highest BCUT2D eigenvalue weighted by molar-refractivity contribution is 5.86. The molecule has 3 rings (SSSR count). The zero-order valence-corrected chi connectivity index (χ0v) is 22.1. The van der Waals surface area contributed by atoms with Gasteiger partial charge in [0.2, 0.25) is 5.91 Å². The average molecular weight is 527 g/mol. The van der Waals surface area contributed by atoms with Gasteiger partial charge < -0.3 is 19.8 Å². The molecule has 7 nitrogen and oxygen atoms in total. The predicted octanol–water partition coefficient (Wildman–Crippen LogP) is 1.30. The van der Waals surface area contributed by atoms with E-state index >= 15 is 0 Å². The normalized spacial score (nSPS) is 22.3. The molecule has 0 radical (unpaired) electrons. The van der Waals surface area contributed by atoms with Crippen LogP contribution in [0.1, 0.15) is 25.7 Å². The minimum Gasteiger partial charge on any atom is -0.390 e. The molecular formula is C20H43Cl4N5O2. The maximum Gasteiger partial charge on any atom is 0.223 e. The largest absolute Gasteiger partial charge is 0.390 e. The maximum atomic E-state index is 12.5. The van der Waals surface area contributed by atoms with Crippen LogP contribution in [0, 0.1) is 0 Å². The Labute approximate surface area is 213 Å². The van der Waals surface area contributed by atoms with Gasteiger partial charge in [0, 0.05) is 78.4 Å². The first-order valence-electron chi connectivity index (χ1n) is 10.9. The first-order chi connectivity index (χ1) is 13.1. The first-order valence-corrected chi connectivity index (χ1v) is 10.9. The molecule has 0 aliphatic carbocycles. The predicted molar refractivity (Wildman–Crippen MR) is 137 cm³/mol. The highest BCUT2D eigenvalue weighted by Gasteiger charge is 2.24. The van der Waals surface area contributed by atoms with Crippen LogP contribution in [0.4, 0.5) is 0 Å². The third kappa shape index (κ3) is 11.9. The Morgan fingerprint density at radius 2 is 1.19 bits per heavy atom. The van der Waals surface area contributed by atoms with Crippen molar-refractivity contribution in [3.05, 3.63) is 0 Å². The molecule has 1 unspecified atom stereocenters. The second-order valence-corrected chi connectivity index (χ2v) is 8.59. The second-order valence-electron chi connectivity index (χ2n) is 8.59. The molecule has 0 aromatic heterocycles. The summed E-state index contributed by atoms with van der Waals surface area (Å²) in [4.78, 5) is 24.0. The summed E-state index contributed by atoms with van der Waals surface area (Å²) in [6, 6.07) is 0. The zero-order valence-electron chi connectivity index (χ0n) is 18.8. The van der Waals surface area contributed by atoms with E-state index in [1.165, 1.54) is 19.3 Å². The van der Waals surface area contributed by atoms with Crippen molar-refractivity contribution >= 4 is 55.5 Å². The van der Waals surface area contributed by atoms with Gasteiger partial charge in [-0.2, -0.15) is 0 Å². The summed E-state index contributed by atoms with van der Waals surface area (Å²) in [5.74, 6) is 0.304. The van der Waals surface area contributed by atoms with E-state index in [1.54, 1.807) is 0 Å². The van der Waals surface area contributed by atoms with Crippen LogP contribution in [0.3, 0.4) is 0 Å². The van der Waals surface area contributed by atoms with Crippen LogP contribution < -0.4 is 0 Å². The van der Waals surface area contributed by atoms with Crippen molar-refractivity contribution in [2.24, 2.45) is 0 Å². The van der Waals surface area contributed by atoms with Crippen LogP contribution in [0.2, 0.25) is 0 Å². The lowest BCUT2D eigenvalue weighted by molar-refractivity contribution is -0.133. The summed E-state index contributed by atoms with van der Waals surface area (Å²) in [5.41, 5.74) is 0. The number of hydrogen-bond donors (Lipinski definition) is 1. The molecule has 0 spiro atoms. The number of carbonyl (C=O) groups is 1. The summed E-state index contributed by atoms with van der Waals surface area (Å²) in [7, 11) is 2.15. The number of carbonyl (C=O) groups excluding carboxylic acids is 1. The molecule has 11 heteroatoms. The van der Waals surface area contributed by atoms with Crippen molar-refractivity contribution in [1.29, 1.82) is 0 Å². The number of aliphatic hydroxyl groups excluding tert-OH is 1. The van der Waals surface area contributed by atoms with Crippen molar-refractivity contribution in [3.63, 3.8) is 0 Å². The van der Waals surface area contributed by atoms with Crippen LogP contribution >= 0.6 is 49.6 Å². The highest BCUT2D eigenvalue weighted by atomic mass is 35.5. The number of halogens is 4. The Hall–Kier alpha value is 0.430. The van der Waals surface area contributed by atoms with Crippen molar-refractivity contribution in [2.45, 2.75) is 31.8 Å². The Morgan fingerprint density at radius 1 is 0.710 bits per heavy atom. The molecule has 1 atom stereocenters. The first kappa shape index (κ1) is 33.6. The third-order valence-electron chi connectivity index (χ3n) is 6.35. The number of β-amino-alcohol motifs (C(OH)–C–C–N with tert-alkyl or cyclic N) is 1. The van der Waals surface area contributed by atoms with Crippen molar-refractivity contribution < 1.29 is 9.90 Å². The van der Waals surface area contributed by atoms with Crippen LogP contribution in [-0.4, -0.2) is 134 Å². The minimum absolute atomic E-state index is 0. The molecule has 0 aromatic rings. The van der Waals surface area contributed by atoms with Crippen LogP contribution in [-0.2, 0) is 4.79 Å². The molecule has 1 N–H and O–H groups in total. The number of rotatable bonds is 7. The van der Waals surface area contributed by atoms with E-state index in [0.29, 0.717) is 12.3 Å². The molecule has 31 heavy (non-hydrogen) atoms. The molecule has 0 bridgehead atoms. The smallest absolute Gasteiger partial charge is 0.223 e. The number of piperidine rings is 1. The van der Waals surface area contributed by atoms with E-state index < -0.39 is 0 Å². The fraction of sp³-hybridized carbons (Fsp3) is 0.950. The molecule has 3 fully saturated rings. The lowest BCUT2D eigenvalue weighted by atomic mass is 10.1. The van der Waals surface area contributed by atoms with Crippen molar-refractivity contribution in [3.8, 4) is 0 Å². The average Bonchev–Trinajstić information content (AvgIpc) is 2.69.